The third-order valence-electron chi connectivity index (χ3n) is 5.74. The van der Waals surface area contributed by atoms with Crippen LogP contribution in [0.3, 0.4) is 0 Å². The van der Waals surface area contributed by atoms with Crippen molar-refractivity contribution in [1.82, 2.24) is 14.9 Å². The van der Waals surface area contributed by atoms with Gasteiger partial charge in [0.1, 0.15) is 12.1 Å². The molecule has 0 bridgehead atoms. The second-order valence-corrected chi connectivity index (χ2v) is 7.62. The average Bonchev–Trinajstić information content (AvgIpc) is 2.80. The third-order valence-corrected chi connectivity index (χ3v) is 5.74. The minimum Gasteiger partial charge on any atom is -0.493 e. The predicted octanol–water partition coefficient (Wildman–Crippen LogP) is 3.62. The van der Waals surface area contributed by atoms with Crippen molar-refractivity contribution in [3.63, 3.8) is 0 Å². The molecule has 0 unspecified atom stereocenters. The summed E-state index contributed by atoms with van der Waals surface area (Å²) in [4.78, 5) is 25.6. The first-order chi connectivity index (χ1) is 15.0. The topological polar surface area (TPSA) is 79.8 Å². The predicted molar refractivity (Wildman–Crippen MR) is 121 cm³/mol. The summed E-state index contributed by atoms with van der Waals surface area (Å²) in [7, 11) is 3.22. The number of aromatic nitrogens is 2. The summed E-state index contributed by atoms with van der Waals surface area (Å²) in [5.41, 5.74) is 3.97. The van der Waals surface area contributed by atoms with Crippen molar-refractivity contribution < 1.29 is 14.3 Å². The first-order valence-corrected chi connectivity index (χ1v) is 10.2. The highest BCUT2D eigenvalue weighted by molar-refractivity contribution is 5.92. The van der Waals surface area contributed by atoms with Crippen LogP contribution < -0.4 is 19.7 Å². The Bertz CT molecular complexity index is 1110. The molecule has 0 spiro atoms. The maximum absolute atomic E-state index is 12.7. The molecule has 2 aromatic carbocycles. The van der Waals surface area contributed by atoms with Crippen molar-refractivity contribution >= 4 is 28.4 Å². The van der Waals surface area contributed by atoms with Crippen LogP contribution in [-0.4, -0.2) is 61.3 Å². The number of benzene rings is 2. The zero-order chi connectivity index (χ0) is 22.0. The maximum Gasteiger partial charge on any atom is 0.321 e. The molecule has 4 rings (SSSR count). The highest BCUT2D eigenvalue weighted by atomic mass is 16.5. The van der Waals surface area contributed by atoms with Gasteiger partial charge in [0, 0.05) is 43.3 Å². The molecule has 1 N–H and O–H groups in total. The Balaban J connectivity index is 1.47. The lowest BCUT2D eigenvalue weighted by Gasteiger charge is -2.35. The number of ether oxygens (including phenoxy) is 2. The third kappa shape index (κ3) is 4.19. The number of carbonyl (C=O) groups excluding carboxylic acids is 1. The maximum atomic E-state index is 12.7. The van der Waals surface area contributed by atoms with Crippen molar-refractivity contribution in [2.24, 2.45) is 0 Å². The Morgan fingerprint density at radius 3 is 2.32 bits per heavy atom. The molecular weight excluding hydrogens is 394 g/mol. The van der Waals surface area contributed by atoms with Crippen molar-refractivity contribution in [3.8, 4) is 11.5 Å². The number of rotatable bonds is 4. The average molecular weight is 422 g/mol. The number of hydrogen-bond donors (Lipinski definition) is 1. The Kier molecular flexibility index (Phi) is 5.79. The Morgan fingerprint density at radius 2 is 1.65 bits per heavy atom. The van der Waals surface area contributed by atoms with E-state index in [-0.39, 0.29) is 6.03 Å². The first kappa shape index (κ1) is 20.7. The molecule has 31 heavy (non-hydrogen) atoms. The Labute approximate surface area is 181 Å². The Hall–Kier alpha value is -3.55. The van der Waals surface area contributed by atoms with E-state index in [0.717, 1.165) is 28.0 Å². The van der Waals surface area contributed by atoms with E-state index in [1.807, 2.05) is 42.2 Å². The van der Waals surface area contributed by atoms with Crippen LogP contribution in [0.4, 0.5) is 16.3 Å². The summed E-state index contributed by atoms with van der Waals surface area (Å²) in [5, 5.41) is 3.90. The van der Waals surface area contributed by atoms with Gasteiger partial charge in [0.15, 0.2) is 11.5 Å². The number of fused-ring (bicyclic) bond motifs is 1. The number of urea groups is 1. The summed E-state index contributed by atoms with van der Waals surface area (Å²) < 4.78 is 10.8. The molecule has 1 aromatic heterocycles. The highest BCUT2D eigenvalue weighted by Gasteiger charge is 2.24. The van der Waals surface area contributed by atoms with Gasteiger partial charge in [-0.1, -0.05) is 6.07 Å². The van der Waals surface area contributed by atoms with Crippen molar-refractivity contribution in [2.45, 2.75) is 13.8 Å². The zero-order valence-corrected chi connectivity index (χ0v) is 18.3. The normalized spacial score (nSPS) is 13.9. The van der Waals surface area contributed by atoms with E-state index in [2.05, 4.69) is 27.1 Å². The number of aryl methyl sites for hydroxylation is 2. The number of carbonyl (C=O) groups is 1. The van der Waals surface area contributed by atoms with Gasteiger partial charge < -0.3 is 24.6 Å². The molecule has 0 atom stereocenters. The van der Waals surface area contributed by atoms with E-state index in [1.54, 1.807) is 20.5 Å². The summed E-state index contributed by atoms with van der Waals surface area (Å²) >= 11 is 0. The zero-order valence-electron chi connectivity index (χ0n) is 18.3. The fraction of sp³-hybridized carbons (Fsp3) is 0.348. The van der Waals surface area contributed by atoms with Gasteiger partial charge in [0.05, 0.1) is 19.7 Å². The van der Waals surface area contributed by atoms with Crippen LogP contribution in [0.1, 0.15) is 11.1 Å². The van der Waals surface area contributed by atoms with E-state index >= 15 is 0 Å². The molecular formula is C23H27N5O3. The van der Waals surface area contributed by atoms with E-state index in [1.165, 1.54) is 5.56 Å². The van der Waals surface area contributed by atoms with Gasteiger partial charge in [-0.25, -0.2) is 14.8 Å². The first-order valence-electron chi connectivity index (χ1n) is 10.2. The molecule has 2 heterocycles. The summed E-state index contributed by atoms with van der Waals surface area (Å²) in [5.74, 6) is 2.10. The van der Waals surface area contributed by atoms with Crippen LogP contribution in [0, 0.1) is 13.8 Å². The van der Waals surface area contributed by atoms with Crippen LogP contribution in [0.15, 0.2) is 36.7 Å². The molecule has 1 fully saturated rings. The summed E-state index contributed by atoms with van der Waals surface area (Å²) in [6.45, 7) is 6.68. The van der Waals surface area contributed by atoms with Crippen LogP contribution in [0.5, 0.6) is 11.5 Å². The number of nitrogens with one attached hydrogen (secondary N) is 1. The monoisotopic (exact) mass is 421 g/mol. The van der Waals surface area contributed by atoms with Gasteiger partial charge >= 0.3 is 6.03 Å². The van der Waals surface area contributed by atoms with Gasteiger partial charge in [0.2, 0.25) is 0 Å². The van der Waals surface area contributed by atoms with Crippen LogP contribution in [0.2, 0.25) is 0 Å². The standard InChI is InChI=1S/C23H27N5O3/c1-15-5-6-17(11-16(15)2)26-23(29)28-9-7-27(8-10-28)22-18-12-20(30-3)21(31-4)13-19(18)24-14-25-22/h5-6,11-14H,7-10H2,1-4H3,(H,26,29). The van der Waals surface area contributed by atoms with E-state index in [0.29, 0.717) is 37.7 Å². The molecule has 162 valence electrons. The molecule has 1 aliphatic rings. The second kappa shape index (κ2) is 8.67. The molecule has 1 saturated heterocycles. The molecule has 0 aliphatic carbocycles. The lowest BCUT2D eigenvalue weighted by molar-refractivity contribution is 0.208. The van der Waals surface area contributed by atoms with Crippen LogP contribution >= 0.6 is 0 Å². The van der Waals surface area contributed by atoms with Gasteiger partial charge in [-0.05, 0) is 43.2 Å². The quantitative estimate of drug-likeness (QED) is 0.693. The molecule has 8 heteroatoms. The molecule has 0 radical (unpaired) electrons. The minimum atomic E-state index is -0.0816. The van der Waals surface area contributed by atoms with E-state index < -0.39 is 0 Å². The molecule has 0 saturated carbocycles. The van der Waals surface area contributed by atoms with Gasteiger partial charge in [-0.3, -0.25) is 0 Å². The lowest BCUT2D eigenvalue weighted by atomic mass is 10.1. The molecule has 1 aliphatic heterocycles. The van der Waals surface area contributed by atoms with Crippen LogP contribution in [-0.2, 0) is 0 Å². The van der Waals surface area contributed by atoms with Gasteiger partial charge in [0.25, 0.3) is 0 Å². The fourth-order valence-corrected chi connectivity index (χ4v) is 3.76. The number of hydrogen-bond acceptors (Lipinski definition) is 6. The smallest absolute Gasteiger partial charge is 0.321 e. The number of methoxy groups -OCH3 is 2. The second-order valence-electron chi connectivity index (χ2n) is 7.62. The number of nitrogens with zero attached hydrogens (tertiary/aromatic N) is 4. The SMILES string of the molecule is COc1cc2ncnc(N3CCN(C(=O)Nc4ccc(C)c(C)c4)CC3)c2cc1OC. The number of piperazine rings is 1. The molecule has 3 aromatic rings. The highest BCUT2D eigenvalue weighted by Crippen LogP contribution is 2.34. The van der Waals surface area contributed by atoms with Crippen molar-refractivity contribution in [1.29, 1.82) is 0 Å². The lowest BCUT2D eigenvalue weighted by Crippen LogP contribution is -2.50. The number of anilines is 2. The summed E-state index contributed by atoms with van der Waals surface area (Å²) in [6, 6.07) is 9.63. The van der Waals surface area contributed by atoms with Gasteiger partial charge in [-0.2, -0.15) is 0 Å². The van der Waals surface area contributed by atoms with E-state index in [9.17, 15) is 4.79 Å². The van der Waals surface area contributed by atoms with Crippen LogP contribution in [0.25, 0.3) is 10.9 Å². The minimum absolute atomic E-state index is 0.0816. The molecule has 8 nitrogen and oxygen atoms in total. The Morgan fingerprint density at radius 1 is 0.935 bits per heavy atom. The van der Waals surface area contributed by atoms with Crippen molar-refractivity contribution in [2.75, 3.05) is 50.6 Å². The van der Waals surface area contributed by atoms with Gasteiger partial charge in [-0.15, -0.1) is 0 Å². The largest absolute Gasteiger partial charge is 0.493 e. The fourth-order valence-electron chi connectivity index (χ4n) is 3.76. The summed E-state index contributed by atoms with van der Waals surface area (Å²) in [6.07, 6.45) is 1.56. The van der Waals surface area contributed by atoms with E-state index in [4.69, 9.17) is 9.47 Å². The number of amides is 2. The molecule has 2 amide bonds. The van der Waals surface area contributed by atoms with Crippen molar-refractivity contribution in [3.05, 3.63) is 47.8 Å².